The highest BCUT2D eigenvalue weighted by Gasteiger charge is 2.45. The Hall–Kier alpha value is -4.08. The average molecular weight is 558 g/mol. The van der Waals surface area contributed by atoms with E-state index in [0.29, 0.717) is 42.4 Å². The third kappa shape index (κ3) is 5.60. The van der Waals surface area contributed by atoms with Crippen molar-refractivity contribution in [1.82, 2.24) is 5.32 Å². The number of carbonyl (C=O) groups excluding carboxylic acids is 2. The van der Waals surface area contributed by atoms with E-state index >= 15 is 0 Å². The summed E-state index contributed by atoms with van der Waals surface area (Å²) in [5.41, 5.74) is 3.03. The van der Waals surface area contributed by atoms with Gasteiger partial charge in [0, 0.05) is 29.8 Å². The van der Waals surface area contributed by atoms with Gasteiger partial charge in [0.2, 0.25) is 0 Å². The lowest BCUT2D eigenvalue weighted by Gasteiger charge is -2.39. The topological polar surface area (TPSA) is 109 Å². The first-order chi connectivity index (χ1) is 19.7. The Morgan fingerprint density at radius 1 is 1.05 bits per heavy atom. The van der Waals surface area contributed by atoms with Crippen molar-refractivity contribution in [2.45, 2.75) is 57.0 Å². The molecule has 1 aliphatic carbocycles. The Morgan fingerprint density at radius 2 is 1.80 bits per heavy atom. The molecule has 3 aliphatic rings. The van der Waals surface area contributed by atoms with Crippen LogP contribution in [-0.2, 0) is 21.7 Å². The number of hydrogen-bond donors (Lipinski definition) is 3. The summed E-state index contributed by atoms with van der Waals surface area (Å²) in [6.45, 7) is 4.82. The lowest BCUT2D eigenvalue weighted by molar-refractivity contribution is -0.118. The zero-order valence-electron chi connectivity index (χ0n) is 23.3. The van der Waals surface area contributed by atoms with Gasteiger partial charge < -0.3 is 30.0 Å². The Labute approximate surface area is 239 Å². The molecule has 41 heavy (non-hydrogen) atoms. The van der Waals surface area contributed by atoms with E-state index in [1.807, 2.05) is 68.4 Å². The van der Waals surface area contributed by atoms with Gasteiger partial charge in [0.1, 0.15) is 23.6 Å². The summed E-state index contributed by atoms with van der Waals surface area (Å²) in [7, 11) is 0. The van der Waals surface area contributed by atoms with Crippen LogP contribution in [-0.4, -0.2) is 42.3 Å². The van der Waals surface area contributed by atoms with Crippen LogP contribution in [0.25, 0.3) is 0 Å². The van der Waals surface area contributed by atoms with Crippen molar-refractivity contribution in [3.8, 4) is 11.5 Å². The number of aliphatic hydroxyl groups is 1. The molecule has 1 fully saturated rings. The molecule has 0 saturated heterocycles. The van der Waals surface area contributed by atoms with Crippen LogP contribution >= 0.6 is 0 Å². The summed E-state index contributed by atoms with van der Waals surface area (Å²) in [6.07, 6.45) is 1.41. The normalized spacial score (nSPS) is 18.8. The van der Waals surface area contributed by atoms with E-state index in [4.69, 9.17) is 14.2 Å². The molecular weight excluding hydrogens is 522 g/mol. The maximum Gasteiger partial charge on any atom is 0.415 e. The lowest BCUT2D eigenvalue weighted by Crippen LogP contribution is -2.46. The minimum absolute atomic E-state index is 0.129. The zero-order chi connectivity index (χ0) is 28.6. The molecule has 3 N–H and O–H groups in total. The second-order valence-corrected chi connectivity index (χ2v) is 11.4. The Balaban J connectivity index is 1.12. The van der Waals surface area contributed by atoms with Gasteiger partial charge in [-0.3, -0.25) is 9.69 Å². The first-order valence-electron chi connectivity index (χ1n) is 14.0. The molecule has 2 aliphatic heterocycles. The van der Waals surface area contributed by atoms with E-state index in [0.717, 1.165) is 36.1 Å². The molecule has 3 aromatic rings. The largest absolute Gasteiger partial charge is 0.487 e. The number of fused-ring (bicyclic) bond motifs is 2. The number of benzene rings is 3. The third-order valence-electron chi connectivity index (χ3n) is 8.10. The van der Waals surface area contributed by atoms with Gasteiger partial charge in [-0.25, -0.2) is 4.79 Å². The van der Waals surface area contributed by atoms with Gasteiger partial charge in [-0.2, -0.15) is 0 Å². The number of ether oxygens (including phenoxy) is 3. The molecule has 214 valence electrons. The highest BCUT2D eigenvalue weighted by molar-refractivity contribution is 5.97. The third-order valence-corrected chi connectivity index (χ3v) is 8.10. The maximum absolute atomic E-state index is 12.9. The monoisotopic (exact) mass is 557 g/mol. The second-order valence-electron chi connectivity index (χ2n) is 11.4. The van der Waals surface area contributed by atoms with E-state index < -0.39 is 11.7 Å². The van der Waals surface area contributed by atoms with Crippen LogP contribution in [0.3, 0.4) is 0 Å². The van der Waals surface area contributed by atoms with Crippen molar-refractivity contribution in [3.05, 3.63) is 83.4 Å². The summed E-state index contributed by atoms with van der Waals surface area (Å²) in [4.78, 5) is 26.7. The molecule has 0 radical (unpaired) electrons. The molecule has 9 heteroatoms. The number of aliphatic hydroxyl groups excluding tert-OH is 1. The summed E-state index contributed by atoms with van der Waals surface area (Å²) < 4.78 is 17.5. The van der Waals surface area contributed by atoms with Crippen molar-refractivity contribution < 1.29 is 28.9 Å². The Kier molecular flexibility index (Phi) is 7.09. The van der Waals surface area contributed by atoms with Gasteiger partial charge in [-0.05, 0) is 56.9 Å². The predicted molar refractivity (Wildman–Crippen MR) is 154 cm³/mol. The molecule has 2 heterocycles. The number of hydrogen-bond acceptors (Lipinski definition) is 7. The second kappa shape index (κ2) is 10.7. The standard InChI is InChI=1S/C32H35N3O6/c1-31(2)23-10-6-7-11-24(23)35(30(38)41-31)17-16-32(14-15-32)33-18-25(36)22-12-13-26(28-29(22)40-20-27(37)34-28)39-19-21-8-4-3-5-9-21/h3-13,25,33,36H,14-20H2,1-2H3,(H,34,37). The molecule has 1 unspecified atom stereocenters. The smallest absolute Gasteiger partial charge is 0.415 e. The first kappa shape index (κ1) is 27.1. The zero-order valence-corrected chi connectivity index (χ0v) is 23.3. The predicted octanol–water partition coefficient (Wildman–Crippen LogP) is 5.03. The van der Waals surface area contributed by atoms with Crippen molar-refractivity contribution in [3.63, 3.8) is 0 Å². The number of nitrogens with zero attached hydrogens (tertiary/aromatic N) is 1. The van der Waals surface area contributed by atoms with Gasteiger partial charge in [0.15, 0.2) is 12.4 Å². The van der Waals surface area contributed by atoms with Crippen LogP contribution < -0.4 is 25.0 Å². The molecule has 0 spiro atoms. The molecule has 1 saturated carbocycles. The van der Waals surface area contributed by atoms with Crippen molar-refractivity contribution >= 4 is 23.4 Å². The van der Waals surface area contributed by atoms with Crippen LogP contribution in [0, 0.1) is 0 Å². The summed E-state index contributed by atoms with van der Waals surface area (Å²) in [5.74, 6) is 0.630. The fraction of sp³-hybridized carbons (Fsp3) is 0.375. The van der Waals surface area contributed by atoms with Crippen LogP contribution in [0.1, 0.15) is 55.9 Å². The summed E-state index contributed by atoms with van der Waals surface area (Å²) >= 11 is 0. The molecule has 0 bridgehead atoms. The molecule has 6 rings (SSSR count). The highest BCUT2D eigenvalue weighted by atomic mass is 16.6. The fourth-order valence-corrected chi connectivity index (χ4v) is 5.56. The van der Waals surface area contributed by atoms with Gasteiger partial charge in [-0.15, -0.1) is 0 Å². The van der Waals surface area contributed by atoms with Gasteiger partial charge in [0.25, 0.3) is 5.91 Å². The van der Waals surface area contributed by atoms with Crippen molar-refractivity contribution in [2.75, 3.05) is 29.9 Å². The van der Waals surface area contributed by atoms with E-state index in [1.54, 1.807) is 17.0 Å². The van der Waals surface area contributed by atoms with Gasteiger partial charge in [-0.1, -0.05) is 48.5 Å². The van der Waals surface area contributed by atoms with Gasteiger partial charge >= 0.3 is 6.09 Å². The van der Waals surface area contributed by atoms with Crippen LogP contribution in [0.5, 0.6) is 11.5 Å². The Bertz CT molecular complexity index is 1450. The molecular formula is C32H35N3O6. The molecule has 1 atom stereocenters. The molecule has 9 nitrogen and oxygen atoms in total. The number of β-amino-alcohol motifs (C(OH)–C–C–N with tert-alkyl or cyclic N) is 1. The average Bonchev–Trinajstić information content (AvgIpc) is 3.74. The minimum atomic E-state index is -0.874. The van der Waals surface area contributed by atoms with E-state index in [9.17, 15) is 14.7 Å². The first-order valence-corrected chi connectivity index (χ1v) is 14.0. The van der Waals surface area contributed by atoms with Gasteiger partial charge in [0.05, 0.1) is 11.8 Å². The number of anilines is 2. The SMILES string of the molecule is CC1(C)OC(=O)N(CCC2(NCC(O)c3ccc(OCc4ccccc4)c4c3OCC(=O)N4)CC2)c2ccccc21. The summed E-state index contributed by atoms with van der Waals surface area (Å²) in [6, 6.07) is 21.1. The van der Waals surface area contributed by atoms with E-state index in [1.165, 1.54) is 0 Å². The van der Waals surface area contributed by atoms with E-state index in [-0.39, 0.29) is 24.1 Å². The molecule has 3 aromatic carbocycles. The Morgan fingerprint density at radius 3 is 2.59 bits per heavy atom. The number of rotatable bonds is 10. The van der Waals surface area contributed by atoms with Crippen molar-refractivity contribution in [1.29, 1.82) is 0 Å². The number of carbonyl (C=O) groups is 2. The van der Waals surface area contributed by atoms with E-state index in [2.05, 4.69) is 10.6 Å². The maximum atomic E-state index is 12.9. The molecule has 2 amide bonds. The van der Waals surface area contributed by atoms with Crippen LogP contribution in [0.15, 0.2) is 66.7 Å². The van der Waals surface area contributed by atoms with Crippen molar-refractivity contribution in [2.24, 2.45) is 0 Å². The number of cyclic esters (lactones) is 1. The van der Waals surface area contributed by atoms with Crippen LogP contribution in [0.2, 0.25) is 0 Å². The number of nitrogens with one attached hydrogen (secondary N) is 2. The fourth-order valence-electron chi connectivity index (χ4n) is 5.56. The van der Waals surface area contributed by atoms with Crippen LogP contribution in [0.4, 0.5) is 16.2 Å². The quantitative estimate of drug-likeness (QED) is 0.321. The molecule has 0 aromatic heterocycles. The number of para-hydroxylation sites is 1. The summed E-state index contributed by atoms with van der Waals surface area (Å²) in [5, 5.41) is 17.6. The highest BCUT2D eigenvalue weighted by Crippen LogP contribution is 2.45. The number of amides is 2. The lowest BCUT2D eigenvalue weighted by atomic mass is 9.94. The minimum Gasteiger partial charge on any atom is -0.487 e.